The average Bonchev–Trinajstić information content (AvgIpc) is 2.74. The molecule has 0 radical (unpaired) electrons. The minimum Gasteiger partial charge on any atom is -0.487 e. The Bertz CT molecular complexity index is 1320. The van der Waals surface area contributed by atoms with Crippen molar-refractivity contribution in [1.82, 2.24) is 4.98 Å². The molecular formula is C23H17BrF4N2O4. The number of ether oxygens (including phenoxy) is 2. The number of nitrogens with one attached hydrogen (secondary N) is 1. The third-order valence-electron chi connectivity index (χ3n) is 4.64. The molecule has 0 aliphatic heterocycles. The Morgan fingerprint density at radius 1 is 1.09 bits per heavy atom. The normalized spacial score (nSPS) is 11.1. The summed E-state index contributed by atoms with van der Waals surface area (Å²) < 4.78 is 67.2. The lowest BCUT2D eigenvalue weighted by Gasteiger charge is -2.17. The van der Waals surface area contributed by atoms with Gasteiger partial charge in [0.05, 0.1) is 11.1 Å². The van der Waals surface area contributed by atoms with Crippen LogP contribution in [-0.2, 0) is 11.3 Å². The van der Waals surface area contributed by atoms with E-state index in [0.717, 1.165) is 24.3 Å². The Hall–Kier alpha value is -3.60. The second-order valence-corrected chi connectivity index (χ2v) is 7.81. The van der Waals surface area contributed by atoms with E-state index in [1.807, 2.05) is 0 Å². The van der Waals surface area contributed by atoms with Crippen LogP contribution in [0.5, 0.6) is 5.75 Å². The van der Waals surface area contributed by atoms with E-state index in [0.29, 0.717) is 6.07 Å². The fraction of sp³-hybridized carbons (Fsp3) is 0.130. The van der Waals surface area contributed by atoms with Gasteiger partial charge in [0, 0.05) is 17.3 Å². The number of halogens is 5. The van der Waals surface area contributed by atoms with Crippen LogP contribution in [-0.4, -0.2) is 17.7 Å². The number of aromatic amines is 1. The molecule has 1 aromatic heterocycles. The van der Waals surface area contributed by atoms with Crippen molar-refractivity contribution in [2.24, 2.45) is 5.73 Å². The van der Waals surface area contributed by atoms with Gasteiger partial charge in [-0.3, -0.25) is 4.79 Å². The van der Waals surface area contributed by atoms with Gasteiger partial charge in [-0.25, -0.2) is 22.4 Å². The summed E-state index contributed by atoms with van der Waals surface area (Å²) in [5.41, 5.74) is 3.81. The van der Waals surface area contributed by atoms with E-state index in [9.17, 15) is 18.4 Å². The van der Waals surface area contributed by atoms with E-state index in [1.165, 1.54) is 19.1 Å². The molecule has 1 amide bonds. The molecule has 178 valence electrons. The molecule has 0 saturated carbocycles. The molecule has 0 atom stereocenters. The molecule has 2 aromatic carbocycles. The molecule has 11 heteroatoms. The van der Waals surface area contributed by atoms with Crippen LogP contribution in [0.15, 0.2) is 45.7 Å². The molecule has 0 bridgehead atoms. The minimum atomic E-state index is -0.996. The van der Waals surface area contributed by atoms with Crippen molar-refractivity contribution in [1.29, 1.82) is 0 Å². The number of H-pyrrole nitrogens is 1. The summed E-state index contributed by atoms with van der Waals surface area (Å²) in [5, 5.41) is 0. The molecule has 0 saturated heterocycles. The molecule has 0 aliphatic carbocycles. The van der Waals surface area contributed by atoms with Crippen LogP contribution in [0.2, 0.25) is 0 Å². The summed E-state index contributed by atoms with van der Waals surface area (Å²) in [7, 11) is 0. The number of nitrogens with two attached hydrogens (primary N) is 1. The summed E-state index contributed by atoms with van der Waals surface area (Å²) in [6.07, 6.45) is 1.67. The Labute approximate surface area is 199 Å². The Kier molecular flexibility index (Phi) is 7.77. The third kappa shape index (κ3) is 5.66. The van der Waals surface area contributed by atoms with Crippen LogP contribution in [0.4, 0.5) is 22.4 Å². The first-order valence-electron chi connectivity index (χ1n) is 9.65. The number of carbonyl (C=O) groups excluding carboxylic acids is 1. The van der Waals surface area contributed by atoms with Gasteiger partial charge in [0.15, 0.2) is 0 Å². The van der Waals surface area contributed by atoms with Gasteiger partial charge in [0.25, 0.3) is 5.56 Å². The van der Waals surface area contributed by atoms with Gasteiger partial charge in [0.1, 0.15) is 46.7 Å². The second kappa shape index (κ2) is 10.6. The highest BCUT2D eigenvalue weighted by Crippen LogP contribution is 2.40. The maximum Gasteiger partial charge on any atom is 0.404 e. The van der Waals surface area contributed by atoms with Crippen molar-refractivity contribution in [2.75, 3.05) is 6.61 Å². The molecule has 3 rings (SSSR count). The lowest BCUT2D eigenvalue weighted by molar-refractivity contribution is 0.169. The molecule has 0 fully saturated rings. The molecule has 0 unspecified atom stereocenters. The van der Waals surface area contributed by atoms with Crippen LogP contribution in [0.1, 0.15) is 16.8 Å². The van der Waals surface area contributed by atoms with Crippen molar-refractivity contribution in [2.45, 2.75) is 13.5 Å². The second-order valence-electron chi connectivity index (χ2n) is 7.01. The van der Waals surface area contributed by atoms with Crippen molar-refractivity contribution in [3.05, 3.63) is 91.3 Å². The van der Waals surface area contributed by atoms with Gasteiger partial charge in [0.2, 0.25) is 0 Å². The first kappa shape index (κ1) is 25.0. The van der Waals surface area contributed by atoms with Gasteiger partial charge in [-0.2, -0.15) is 0 Å². The van der Waals surface area contributed by atoms with Crippen LogP contribution >= 0.6 is 15.9 Å². The number of primary amides is 1. The number of hydrogen-bond acceptors (Lipinski definition) is 4. The highest BCUT2D eigenvalue weighted by atomic mass is 79.9. The fourth-order valence-electron chi connectivity index (χ4n) is 3.14. The van der Waals surface area contributed by atoms with E-state index in [1.54, 1.807) is 0 Å². The van der Waals surface area contributed by atoms with E-state index >= 15 is 8.78 Å². The Morgan fingerprint density at radius 2 is 1.76 bits per heavy atom. The van der Waals surface area contributed by atoms with Crippen LogP contribution in [0, 0.1) is 30.2 Å². The van der Waals surface area contributed by atoms with Gasteiger partial charge >= 0.3 is 6.09 Å². The standard InChI is InChI=1S/C23H17BrF4N2O4/c1-11-18(19-16(27)7-12(8-17(19)28)3-2-6-33-23(29)32)21(20(24)22(31)30-11)34-10-13-4-5-14(25)9-15(13)26/h2-5,7-9H,6,10H2,1H3,(H2,29,32)(H,30,31)/b3-2+. The minimum absolute atomic E-state index is 0.0307. The van der Waals surface area contributed by atoms with Crippen molar-refractivity contribution in [3.8, 4) is 16.9 Å². The summed E-state index contributed by atoms with van der Waals surface area (Å²) in [5.74, 6) is -3.84. The number of amides is 1. The van der Waals surface area contributed by atoms with Gasteiger partial charge in [-0.05, 0) is 58.8 Å². The lowest BCUT2D eigenvalue weighted by Crippen LogP contribution is -2.14. The van der Waals surface area contributed by atoms with Crippen molar-refractivity contribution >= 4 is 28.1 Å². The molecule has 6 nitrogen and oxygen atoms in total. The van der Waals surface area contributed by atoms with Gasteiger partial charge < -0.3 is 20.2 Å². The zero-order valence-corrected chi connectivity index (χ0v) is 19.1. The maximum atomic E-state index is 15.1. The SMILES string of the molecule is Cc1[nH]c(=O)c(Br)c(OCc2ccc(F)cc2F)c1-c1c(F)cc(/C=C/COC(N)=O)cc1F. The summed E-state index contributed by atoms with van der Waals surface area (Å²) in [6.45, 7) is 0.789. The number of carbonyl (C=O) groups is 1. The third-order valence-corrected chi connectivity index (χ3v) is 5.36. The Balaban J connectivity index is 2.03. The van der Waals surface area contributed by atoms with E-state index in [4.69, 9.17) is 10.5 Å². The maximum absolute atomic E-state index is 15.1. The molecule has 1 heterocycles. The monoisotopic (exact) mass is 540 g/mol. The molecule has 3 aromatic rings. The quantitative estimate of drug-likeness (QED) is 0.394. The molecular weight excluding hydrogens is 524 g/mol. The number of pyridine rings is 1. The lowest BCUT2D eigenvalue weighted by atomic mass is 10.00. The highest BCUT2D eigenvalue weighted by molar-refractivity contribution is 9.10. The summed E-state index contributed by atoms with van der Waals surface area (Å²) >= 11 is 3.05. The average molecular weight is 541 g/mol. The van der Waals surface area contributed by atoms with Crippen LogP contribution in [0.25, 0.3) is 17.2 Å². The zero-order chi connectivity index (χ0) is 25.0. The highest BCUT2D eigenvalue weighted by Gasteiger charge is 2.24. The topological polar surface area (TPSA) is 94.4 Å². The molecule has 0 aliphatic rings. The summed E-state index contributed by atoms with van der Waals surface area (Å²) in [4.78, 5) is 25.3. The first-order valence-corrected chi connectivity index (χ1v) is 10.4. The number of aromatic nitrogens is 1. The van der Waals surface area contributed by atoms with E-state index in [-0.39, 0.29) is 39.2 Å². The van der Waals surface area contributed by atoms with Gasteiger partial charge in [-0.15, -0.1) is 0 Å². The Morgan fingerprint density at radius 3 is 2.38 bits per heavy atom. The smallest absolute Gasteiger partial charge is 0.404 e. The number of rotatable bonds is 7. The zero-order valence-electron chi connectivity index (χ0n) is 17.6. The fourth-order valence-corrected chi connectivity index (χ4v) is 3.55. The number of aryl methyl sites for hydroxylation is 1. The number of benzene rings is 2. The predicted molar refractivity (Wildman–Crippen MR) is 120 cm³/mol. The first-order chi connectivity index (χ1) is 16.1. The van der Waals surface area contributed by atoms with Crippen molar-refractivity contribution in [3.63, 3.8) is 0 Å². The predicted octanol–water partition coefficient (Wildman–Crippen LogP) is 5.36. The van der Waals surface area contributed by atoms with Gasteiger partial charge in [-0.1, -0.05) is 6.08 Å². The summed E-state index contributed by atoms with van der Waals surface area (Å²) in [6, 6.07) is 4.91. The van der Waals surface area contributed by atoms with Crippen LogP contribution in [0.3, 0.4) is 0 Å². The van der Waals surface area contributed by atoms with E-state index in [2.05, 4.69) is 25.7 Å². The van der Waals surface area contributed by atoms with Crippen molar-refractivity contribution < 1.29 is 31.8 Å². The molecule has 0 spiro atoms. The van der Waals surface area contributed by atoms with E-state index < -0.39 is 47.1 Å². The molecule has 34 heavy (non-hydrogen) atoms. The molecule has 3 N–H and O–H groups in total. The largest absolute Gasteiger partial charge is 0.487 e. The number of hydrogen-bond donors (Lipinski definition) is 2. The van der Waals surface area contributed by atoms with Crippen LogP contribution < -0.4 is 16.0 Å².